The van der Waals surface area contributed by atoms with Gasteiger partial charge in [0.1, 0.15) is 0 Å². The molecule has 0 spiro atoms. The molecule has 0 saturated carbocycles. The molecule has 1 aromatic heterocycles. The Balaban J connectivity index is 1.20. The Morgan fingerprint density at radius 1 is 0.407 bits per heavy atom. The molecule has 0 atom stereocenters. The Labute approximate surface area is 314 Å². The van der Waals surface area contributed by atoms with E-state index in [9.17, 15) is 0 Å². The maximum atomic E-state index is 5.21. The second-order valence-corrected chi connectivity index (χ2v) is 15.2. The predicted octanol–water partition coefficient (Wildman–Crippen LogP) is 14.3. The molecule has 54 heavy (non-hydrogen) atoms. The minimum atomic E-state index is -0.280. The van der Waals surface area contributed by atoms with Gasteiger partial charge in [-0.2, -0.15) is 0 Å². The van der Waals surface area contributed by atoms with E-state index >= 15 is 0 Å². The van der Waals surface area contributed by atoms with E-state index < -0.39 is 0 Å². The first kappa shape index (κ1) is 30.8. The van der Waals surface area contributed by atoms with Crippen LogP contribution in [0.2, 0.25) is 0 Å². The number of hydrogen-bond acceptors (Lipinski definition) is 2. The molecule has 10 aromatic rings. The second kappa shape index (κ2) is 11.6. The van der Waals surface area contributed by atoms with Crippen molar-refractivity contribution in [2.45, 2.75) is 19.3 Å². The number of benzene rings is 9. The number of pyridine rings is 1. The molecule has 0 bridgehead atoms. The first-order valence-corrected chi connectivity index (χ1v) is 18.8. The fourth-order valence-electron chi connectivity index (χ4n) is 9.07. The maximum absolute atomic E-state index is 5.21. The van der Waals surface area contributed by atoms with Gasteiger partial charge in [-0.3, -0.25) is 0 Å². The second-order valence-electron chi connectivity index (χ2n) is 15.2. The van der Waals surface area contributed by atoms with Gasteiger partial charge in [0.25, 0.3) is 0 Å². The van der Waals surface area contributed by atoms with Crippen LogP contribution in [0.4, 0.5) is 17.1 Å². The van der Waals surface area contributed by atoms with Gasteiger partial charge >= 0.3 is 0 Å². The average molecular weight is 689 g/mol. The zero-order valence-electron chi connectivity index (χ0n) is 30.2. The van der Waals surface area contributed by atoms with Crippen molar-refractivity contribution in [2.24, 2.45) is 0 Å². The minimum absolute atomic E-state index is 0.280. The zero-order valence-corrected chi connectivity index (χ0v) is 30.2. The molecule has 1 aliphatic rings. The molecular weight excluding hydrogens is 653 g/mol. The topological polar surface area (TPSA) is 16.1 Å². The van der Waals surface area contributed by atoms with Crippen LogP contribution in [0, 0.1) is 0 Å². The summed E-state index contributed by atoms with van der Waals surface area (Å²) in [5, 5.41) is 11.1. The molecule has 1 heterocycles. The Bertz CT molecular complexity index is 3070. The summed E-state index contributed by atoms with van der Waals surface area (Å²) in [4.78, 5) is 7.68. The molecule has 254 valence electrons. The first-order valence-electron chi connectivity index (χ1n) is 18.8. The Morgan fingerprint density at radius 3 is 1.54 bits per heavy atom. The van der Waals surface area contributed by atoms with Crippen LogP contribution in [0.1, 0.15) is 25.0 Å². The predicted molar refractivity (Wildman–Crippen MR) is 229 cm³/mol. The lowest BCUT2D eigenvalue weighted by atomic mass is 9.80. The lowest BCUT2D eigenvalue weighted by Crippen LogP contribution is -2.17. The van der Waals surface area contributed by atoms with Crippen LogP contribution < -0.4 is 4.90 Å². The van der Waals surface area contributed by atoms with Gasteiger partial charge in [0.05, 0.1) is 16.9 Å². The van der Waals surface area contributed by atoms with Crippen LogP contribution in [0.25, 0.3) is 76.4 Å². The van der Waals surface area contributed by atoms with Crippen molar-refractivity contribution in [2.75, 3.05) is 4.90 Å². The Hall–Kier alpha value is -6.77. The molecule has 2 nitrogen and oxygen atoms in total. The summed E-state index contributed by atoms with van der Waals surface area (Å²) in [5.41, 5.74) is 11.7. The number of aromatic nitrogens is 1. The highest BCUT2D eigenvalue weighted by molar-refractivity contribution is 6.17. The molecule has 0 N–H and O–H groups in total. The summed E-state index contributed by atoms with van der Waals surface area (Å²) in [5.74, 6) is 0. The van der Waals surface area contributed by atoms with Crippen molar-refractivity contribution in [3.63, 3.8) is 0 Å². The molecular formula is C52H36N2. The summed E-state index contributed by atoms with van der Waals surface area (Å²) >= 11 is 0. The highest BCUT2D eigenvalue weighted by atomic mass is 15.1. The molecule has 9 aromatic carbocycles. The molecule has 2 heteroatoms. The van der Waals surface area contributed by atoms with Crippen LogP contribution in [0.5, 0.6) is 0 Å². The van der Waals surface area contributed by atoms with Crippen molar-refractivity contribution in [3.8, 4) is 22.4 Å². The number of hydrogen-bond donors (Lipinski definition) is 0. The highest BCUT2D eigenvalue weighted by Gasteiger charge is 2.39. The molecule has 1 aliphatic carbocycles. The average Bonchev–Trinajstić information content (AvgIpc) is 3.46. The van der Waals surface area contributed by atoms with E-state index in [4.69, 9.17) is 4.98 Å². The van der Waals surface area contributed by atoms with Crippen molar-refractivity contribution >= 4 is 71.1 Å². The molecule has 0 saturated heterocycles. The fourth-order valence-corrected chi connectivity index (χ4v) is 9.07. The van der Waals surface area contributed by atoms with Gasteiger partial charge in [0.15, 0.2) is 0 Å². The van der Waals surface area contributed by atoms with Crippen molar-refractivity contribution in [3.05, 3.63) is 193 Å². The first-order chi connectivity index (χ1) is 26.5. The van der Waals surface area contributed by atoms with E-state index in [1.807, 2.05) is 0 Å². The van der Waals surface area contributed by atoms with E-state index in [1.165, 1.54) is 76.6 Å². The number of nitrogens with zero attached hydrogens (tertiary/aromatic N) is 2. The molecule has 0 unspecified atom stereocenters. The third-order valence-electron chi connectivity index (χ3n) is 11.8. The highest BCUT2D eigenvalue weighted by Crippen LogP contribution is 2.57. The molecule has 11 rings (SSSR count). The molecule has 0 amide bonds. The van der Waals surface area contributed by atoms with E-state index in [-0.39, 0.29) is 5.41 Å². The van der Waals surface area contributed by atoms with Crippen LogP contribution in [-0.2, 0) is 5.41 Å². The number of anilines is 3. The van der Waals surface area contributed by atoms with Crippen molar-refractivity contribution < 1.29 is 0 Å². The van der Waals surface area contributed by atoms with Gasteiger partial charge in [-0.25, -0.2) is 4.98 Å². The molecule has 0 aliphatic heterocycles. The zero-order chi connectivity index (χ0) is 36.0. The summed E-state index contributed by atoms with van der Waals surface area (Å²) in [7, 11) is 0. The third-order valence-corrected chi connectivity index (χ3v) is 11.8. The monoisotopic (exact) mass is 688 g/mol. The van der Waals surface area contributed by atoms with Gasteiger partial charge < -0.3 is 4.90 Å². The Kier molecular flexibility index (Phi) is 6.63. The van der Waals surface area contributed by atoms with Gasteiger partial charge in [-0.05, 0) is 108 Å². The van der Waals surface area contributed by atoms with Gasteiger partial charge in [-0.1, -0.05) is 147 Å². The smallest absolute Gasteiger partial charge is 0.0716 e. The van der Waals surface area contributed by atoms with Gasteiger partial charge in [0, 0.05) is 33.1 Å². The maximum Gasteiger partial charge on any atom is 0.0716 e. The standard InChI is InChI=1S/C52H36N2/c1-52(2)45-31-44(48-28-25-35-15-7-12-22-47(35)53-48)40-18-8-10-20-42(40)50(45)51-43-21-11-9-19-41(43)49(32-46(51)52)54(38-26-23-33-13-3-5-16-36(33)29-38)39-27-24-34-14-4-6-17-37(34)30-39/h3-32H,1-2H3. The van der Waals surface area contributed by atoms with E-state index in [2.05, 4.69) is 201 Å². The SMILES string of the molecule is CC1(C)c2cc(-c3ccc4ccccc4n3)c3ccccc3c2-c2c1cc(N(c1ccc3ccccc3c1)c1ccc3ccccc3c1)c1ccccc21. The van der Waals surface area contributed by atoms with Crippen LogP contribution in [-0.4, -0.2) is 4.98 Å². The summed E-state index contributed by atoms with van der Waals surface area (Å²) < 4.78 is 0. The van der Waals surface area contributed by atoms with Crippen LogP contribution >= 0.6 is 0 Å². The fraction of sp³-hybridized carbons (Fsp3) is 0.0577. The summed E-state index contributed by atoms with van der Waals surface area (Å²) in [6.07, 6.45) is 0. The number of rotatable bonds is 4. The van der Waals surface area contributed by atoms with Gasteiger partial charge in [-0.15, -0.1) is 0 Å². The molecule has 0 radical (unpaired) electrons. The summed E-state index contributed by atoms with van der Waals surface area (Å²) in [6, 6.07) is 66.7. The number of para-hydroxylation sites is 1. The normalized spacial score (nSPS) is 13.1. The largest absolute Gasteiger partial charge is 0.310 e. The Morgan fingerprint density at radius 2 is 0.889 bits per heavy atom. The van der Waals surface area contributed by atoms with Crippen molar-refractivity contribution in [1.82, 2.24) is 4.98 Å². The van der Waals surface area contributed by atoms with E-state index in [1.54, 1.807) is 0 Å². The van der Waals surface area contributed by atoms with E-state index in [0.29, 0.717) is 0 Å². The minimum Gasteiger partial charge on any atom is -0.310 e. The van der Waals surface area contributed by atoms with E-state index in [0.717, 1.165) is 28.0 Å². The molecule has 0 fully saturated rings. The third kappa shape index (κ3) is 4.56. The van der Waals surface area contributed by atoms with Crippen LogP contribution in [0.3, 0.4) is 0 Å². The lowest BCUT2D eigenvalue weighted by molar-refractivity contribution is 0.661. The van der Waals surface area contributed by atoms with Crippen molar-refractivity contribution in [1.29, 1.82) is 0 Å². The number of fused-ring (bicyclic) bond motifs is 10. The lowest BCUT2D eigenvalue weighted by Gasteiger charge is -2.30. The van der Waals surface area contributed by atoms with Gasteiger partial charge in [0.2, 0.25) is 0 Å². The quantitative estimate of drug-likeness (QED) is 0.183. The summed E-state index contributed by atoms with van der Waals surface area (Å²) in [6.45, 7) is 4.80. The van der Waals surface area contributed by atoms with Crippen LogP contribution in [0.15, 0.2) is 182 Å².